The van der Waals surface area contributed by atoms with E-state index in [4.69, 9.17) is 11.6 Å². The smallest absolute Gasteiger partial charge is 0.157 e. The van der Waals surface area contributed by atoms with Crippen LogP contribution < -0.4 is 0 Å². The van der Waals surface area contributed by atoms with Crippen LogP contribution in [0.25, 0.3) is 0 Å². The van der Waals surface area contributed by atoms with Crippen molar-refractivity contribution < 1.29 is 19.7 Å². The van der Waals surface area contributed by atoms with Gasteiger partial charge >= 0.3 is 0 Å². The van der Waals surface area contributed by atoms with Gasteiger partial charge in [0, 0.05) is 10.8 Å². The number of fused-ring (bicyclic) bond motifs is 5. The molecule has 5 heteroatoms. The topological polar surface area (TPSA) is 60.7 Å². The summed E-state index contributed by atoms with van der Waals surface area (Å²) >= 11 is 5.61. The third-order valence-corrected chi connectivity index (χ3v) is 9.23. The van der Waals surface area contributed by atoms with Gasteiger partial charge in [-0.05, 0) is 91.6 Å². The second kappa shape index (κ2) is 6.08. The lowest BCUT2D eigenvalue weighted by atomic mass is 9.44. The van der Waals surface area contributed by atoms with E-state index in [1.165, 1.54) is 0 Å². The number of aliphatic hydroxyl groups is 3. The SMILES string of the molecule is C[C@]12CC[C@H](O)[C@@H](F)C1CC[C@@H]1[C@@H]2CC[C@@]2(C)[C@H]1C[C@@H](O)[C@@]2(O)C#CCl. The first kappa shape index (κ1) is 19.0. The molecule has 4 aliphatic carbocycles. The van der Waals surface area contributed by atoms with Crippen LogP contribution in [-0.2, 0) is 0 Å². The summed E-state index contributed by atoms with van der Waals surface area (Å²) in [6.45, 7) is 4.26. The molecule has 0 aliphatic heterocycles. The van der Waals surface area contributed by atoms with Crippen LogP contribution in [-0.4, -0.2) is 39.3 Å². The Labute approximate surface area is 160 Å². The lowest BCUT2D eigenvalue weighted by Gasteiger charge is -2.61. The maximum atomic E-state index is 14.8. The monoisotopic (exact) mass is 384 g/mol. The molecule has 0 aromatic carbocycles. The van der Waals surface area contributed by atoms with Gasteiger partial charge in [-0.2, -0.15) is 0 Å². The second-order valence-corrected chi connectivity index (χ2v) is 10.00. The Bertz CT molecular complexity index is 647. The molecule has 0 saturated heterocycles. The average Bonchev–Trinajstić information content (AvgIpc) is 2.79. The summed E-state index contributed by atoms with van der Waals surface area (Å²) in [6.07, 6.45) is 2.42. The summed E-state index contributed by atoms with van der Waals surface area (Å²) in [5.41, 5.74) is -2.05. The summed E-state index contributed by atoms with van der Waals surface area (Å²) in [6, 6.07) is 0. The van der Waals surface area contributed by atoms with Gasteiger partial charge in [-0.15, -0.1) is 0 Å². The first-order valence-electron chi connectivity index (χ1n) is 10.0. The van der Waals surface area contributed by atoms with Gasteiger partial charge in [0.15, 0.2) is 5.60 Å². The molecule has 4 fully saturated rings. The molecule has 26 heavy (non-hydrogen) atoms. The molecule has 4 aliphatic rings. The first-order chi connectivity index (χ1) is 12.2. The number of hydrogen-bond donors (Lipinski definition) is 3. The normalized spacial score (nSPS) is 58.8. The molecule has 0 amide bonds. The molecule has 4 rings (SSSR count). The highest BCUT2D eigenvalue weighted by Crippen LogP contribution is 2.68. The Hall–Kier alpha value is -0.340. The van der Waals surface area contributed by atoms with Crippen molar-refractivity contribution >= 4 is 11.6 Å². The van der Waals surface area contributed by atoms with E-state index in [2.05, 4.69) is 18.2 Å². The predicted octanol–water partition coefficient (Wildman–Crippen LogP) is 3.24. The third-order valence-electron chi connectivity index (χ3n) is 9.13. The van der Waals surface area contributed by atoms with Crippen molar-refractivity contribution in [3.63, 3.8) is 0 Å². The molecule has 0 heterocycles. The van der Waals surface area contributed by atoms with Gasteiger partial charge in [0.25, 0.3) is 0 Å². The number of halogens is 2. The highest BCUT2D eigenvalue weighted by molar-refractivity contribution is 6.30. The Morgan fingerprint density at radius 1 is 1.00 bits per heavy atom. The molecule has 0 bridgehead atoms. The maximum Gasteiger partial charge on any atom is 0.157 e. The van der Waals surface area contributed by atoms with Crippen LogP contribution in [0.5, 0.6) is 0 Å². The molecule has 146 valence electrons. The number of hydrogen-bond acceptors (Lipinski definition) is 3. The van der Waals surface area contributed by atoms with E-state index in [1.807, 2.05) is 6.92 Å². The lowest BCUT2D eigenvalue weighted by Crippen LogP contribution is -2.59. The van der Waals surface area contributed by atoms with E-state index in [1.54, 1.807) is 0 Å². The van der Waals surface area contributed by atoms with E-state index < -0.39 is 29.4 Å². The van der Waals surface area contributed by atoms with Crippen LogP contribution in [0.1, 0.15) is 58.8 Å². The van der Waals surface area contributed by atoms with Gasteiger partial charge < -0.3 is 15.3 Å². The van der Waals surface area contributed by atoms with Crippen molar-refractivity contribution in [1.29, 1.82) is 0 Å². The van der Waals surface area contributed by atoms with Crippen molar-refractivity contribution in [3.8, 4) is 11.3 Å². The van der Waals surface area contributed by atoms with Crippen molar-refractivity contribution in [1.82, 2.24) is 0 Å². The number of rotatable bonds is 0. The second-order valence-electron chi connectivity index (χ2n) is 9.81. The van der Waals surface area contributed by atoms with Gasteiger partial charge in [0.2, 0.25) is 0 Å². The molecule has 0 aromatic rings. The molecular formula is C21H30ClFO3. The summed E-state index contributed by atoms with van der Waals surface area (Å²) in [5.74, 6) is 3.54. The maximum absolute atomic E-state index is 14.8. The summed E-state index contributed by atoms with van der Waals surface area (Å²) in [7, 11) is 0. The zero-order valence-electron chi connectivity index (χ0n) is 15.6. The number of aliphatic hydroxyl groups excluding tert-OH is 2. The molecule has 10 atom stereocenters. The first-order valence-corrected chi connectivity index (χ1v) is 10.4. The average molecular weight is 385 g/mol. The predicted molar refractivity (Wildman–Crippen MR) is 98.0 cm³/mol. The Morgan fingerprint density at radius 2 is 1.73 bits per heavy atom. The molecule has 4 saturated carbocycles. The van der Waals surface area contributed by atoms with Crippen LogP contribution >= 0.6 is 11.6 Å². The van der Waals surface area contributed by atoms with Crippen molar-refractivity contribution in [2.24, 2.45) is 34.5 Å². The fourth-order valence-corrected chi connectivity index (χ4v) is 7.73. The lowest BCUT2D eigenvalue weighted by molar-refractivity contribution is -0.169. The molecule has 3 N–H and O–H groups in total. The fourth-order valence-electron chi connectivity index (χ4n) is 7.58. The van der Waals surface area contributed by atoms with Gasteiger partial charge in [-0.3, -0.25) is 0 Å². The van der Waals surface area contributed by atoms with E-state index in [0.29, 0.717) is 24.7 Å². The summed E-state index contributed by atoms with van der Waals surface area (Å²) in [4.78, 5) is 0. The number of alkyl halides is 1. The van der Waals surface area contributed by atoms with Crippen molar-refractivity contribution in [2.75, 3.05) is 0 Å². The van der Waals surface area contributed by atoms with Crippen LogP contribution in [0.2, 0.25) is 0 Å². The van der Waals surface area contributed by atoms with Gasteiger partial charge in [0.1, 0.15) is 6.17 Å². The molecular weight excluding hydrogens is 355 g/mol. The third kappa shape index (κ3) is 2.24. The van der Waals surface area contributed by atoms with E-state index >= 15 is 0 Å². The van der Waals surface area contributed by atoms with E-state index in [0.717, 1.165) is 32.1 Å². The fraction of sp³-hybridized carbons (Fsp3) is 0.905. The van der Waals surface area contributed by atoms with Crippen molar-refractivity contribution in [3.05, 3.63) is 0 Å². The Morgan fingerprint density at radius 3 is 2.42 bits per heavy atom. The molecule has 0 aromatic heterocycles. The van der Waals surface area contributed by atoms with E-state index in [-0.39, 0.29) is 17.3 Å². The summed E-state index contributed by atoms with van der Waals surface area (Å²) in [5, 5.41) is 34.1. The Kier molecular flexibility index (Phi) is 4.44. The standard InChI is InChI=1S/C21H30ClFO3/c1-19-7-6-16(24)18(23)14(19)4-3-12-13(19)5-8-20(2)15(12)11-17(25)21(20,26)9-10-22/h12-18,24-26H,3-8,11H2,1-2H3/t12-,13+,14?,15+,16+,17-,18+,19-,20+,21+/m1/s1. The molecule has 0 spiro atoms. The van der Waals surface area contributed by atoms with Crippen LogP contribution in [0.3, 0.4) is 0 Å². The van der Waals surface area contributed by atoms with Crippen LogP contribution in [0.4, 0.5) is 4.39 Å². The minimum Gasteiger partial charge on any atom is -0.390 e. The van der Waals surface area contributed by atoms with Crippen LogP contribution in [0, 0.1) is 45.8 Å². The minimum atomic E-state index is -1.46. The van der Waals surface area contributed by atoms with Crippen molar-refractivity contribution in [2.45, 2.75) is 82.8 Å². The molecule has 3 nitrogen and oxygen atoms in total. The Balaban J connectivity index is 1.68. The highest BCUT2D eigenvalue weighted by atomic mass is 35.5. The largest absolute Gasteiger partial charge is 0.390 e. The quantitative estimate of drug-likeness (QED) is 0.562. The van der Waals surface area contributed by atoms with Gasteiger partial charge in [0.05, 0.1) is 12.2 Å². The molecule has 0 radical (unpaired) electrons. The van der Waals surface area contributed by atoms with Gasteiger partial charge in [-0.25, -0.2) is 4.39 Å². The van der Waals surface area contributed by atoms with E-state index in [9.17, 15) is 19.7 Å². The van der Waals surface area contributed by atoms with Crippen LogP contribution in [0.15, 0.2) is 0 Å². The zero-order chi connectivity index (χ0) is 18.9. The molecule has 1 unspecified atom stereocenters. The zero-order valence-corrected chi connectivity index (χ0v) is 16.3. The summed E-state index contributed by atoms with van der Waals surface area (Å²) < 4.78 is 14.8. The van der Waals surface area contributed by atoms with Gasteiger partial charge in [-0.1, -0.05) is 13.8 Å². The minimum absolute atomic E-state index is 0.0790. The highest BCUT2D eigenvalue weighted by Gasteiger charge is 2.68.